The number of nitrogen functional groups attached to an aromatic ring is 2. The molecule has 4 saturated heterocycles. The van der Waals surface area contributed by atoms with E-state index in [0.29, 0.717) is 76.0 Å². The van der Waals surface area contributed by atoms with Crippen LogP contribution in [0.4, 0.5) is 22.7 Å². The van der Waals surface area contributed by atoms with Crippen LogP contribution in [0.25, 0.3) is 0 Å². The number of nitrogens with two attached hydrogens (primary N) is 2. The van der Waals surface area contributed by atoms with E-state index in [1.54, 1.807) is 0 Å². The zero-order valence-corrected chi connectivity index (χ0v) is 61.5. The third-order valence-corrected chi connectivity index (χ3v) is 21.9. The number of carbonyl (C=O) groups is 4. The highest BCUT2D eigenvalue weighted by Gasteiger charge is 2.30. The fourth-order valence-electron chi connectivity index (χ4n) is 15.7. The Balaban J connectivity index is 0.000000206. The molecule has 4 bridgehead atoms. The zero-order chi connectivity index (χ0) is 70.8. The van der Waals surface area contributed by atoms with Crippen LogP contribution in [0.15, 0.2) is 143 Å². The number of anilines is 2. The number of amides is 4. The van der Waals surface area contributed by atoms with Crippen LogP contribution in [0.1, 0.15) is 135 Å². The molecule has 20 heteroatoms. The standard InChI is InChI=1S/C42H51N7O2S2.C40H55N7O2/c50-41(48-21-15-35(16-22-48)25-33-7-11-37(12-8-33)43-31-52)29-46-19-2-1-3-20-47(28-40-6-4-5-39(27-46)45-40)30-42(51)49-23-17-36(18-24-49)26-34-9-13-38(14-10-34)44-32-53;41-35-11-7-31(8-12-35)25-33-15-21-46(22-16-33)39(48)29-44-19-2-1-3-20-45(28-38-6-4-5-37(27-44)43-38)30-40(49)47-23-17-34(18-24-47)26-32-9-13-36(42)14-10-32/h4-14,35-36H,1-3,15-30H2;4-14,33-34H,1-3,15-30,41-42H2. The molecule has 4 amide bonds. The maximum Gasteiger partial charge on any atom is 0.236 e. The van der Waals surface area contributed by atoms with Gasteiger partial charge in [0.15, 0.2) is 0 Å². The molecule has 4 N–H and O–H groups in total. The number of thiocarbonyl (C=S) groups is 2. The van der Waals surface area contributed by atoms with E-state index >= 15 is 0 Å². The van der Waals surface area contributed by atoms with E-state index in [1.165, 1.54) is 22.3 Å². The Morgan fingerprint density at radius 1 is 0.343 bits per heavy atom. The van der Waals surface area contributed by atoms with Crippen molar-refractivity contribution in [2.45, 2.75) is 142 Å². The van der Waals surface area contributed by atoms with E-state index in [9.17, 15) is 19.2 Å². The lowest BCUT2D eigenvalue weighted by Crippen LogP contribution is -2.45. The van der Waals surface area contributed by atoms with Crippen molar-refractivity contribution in [1.29, 1.82) is 0 Å². The SMILES string of the molecule is Nc1ccc(CC2CCN(C(=O)CN3CCCCCN(CC(=O)N4CCC(Cc5ccc(N)cc5)CC4)Cc4cccc(n4)C3)CC2)cc1.O=C(CN1CCCCCN(CC(=O)N2CCC(Cc3ccc(N=C=S)cc3)CC2)Cc2cccc(n2)C1)N1CCC(Cc2ccc(N=C=S)cc2)CC1. The van der Waals surface area contributed by atoms with Crippen molar-refractivity contribution in [2.24, 2.45) is 33.7 Å². The molecule has 6 aliphatic heterocycles. The van der Waals surface area contributed by atoms with Crippen molar-refractivity contribution in [3.8, 4) is 0 Å². The number of nitrogens with zero attached hydrogens (tertiary/aromatic N) is 12. The molecule has 0 aliphatic carbocycles. The second kappa shape index (κ2) is 39.1. The van der Waals surface area contributed by atoms with Gasteiger partial charge in [-0.05, 0) is 272 Å². The molecule has 6 aromatic rings. The van der Waals surface area contributed by atoms with Gasteiger partial charge in [-0.3, -0.25) is 48.7 Å². The number of hydrogen-bond acceptors (Lipinski definition) is 16. The lowest BCUT2D eigenvalue weighted by atomic mass is 9.90. The molecule has 0 atom stereocenters. The summed E-state index contributed by atoms with van der Waals surface area (Å²) in [6.07, 6.45) is 18.6. The number of fused-ring (bicyclic) bond motifs is 4. The first-order valence-electron chi connectivity index (χ1n) is 37.7. The number of rotatable bonds is 18. The number of pyridine rings is 2. The molecule has 12 rings (SSSR count). The molecule has 8 heterocycles. The van der Waals surface area contributed by atoms with Crippen LogP contribution < -0.4 is 11.5 Å². The van der Waals surface area contributed by atoms with Gasteiger partial charge in [-0.1, -0.05) is 73.5 Å². The van der Waals surface area contributed by atoms with Gasteiger partial charge < -0.3 is 31.1 Å². The van der Waals surface area contributed by atoms with Crippen LogP contribution in [-0.2, 0) is 71.0 Å². The molecule has 0 unspecified atom stereocenters. The molecule has 540 valence electrons. The van der Waals surface area contributed by atoms with Crippen LogP contribution in [-0.4, -0.2) is 188 Å². The monoisotopic (exact) mass is 1410 g/mol. The van der Waals surface area contributed by atoms with Crippen LogP contribution in [0.2, 0.25) is 0 Å². The Kier molecular flexibility index (Phi) is 28.9. The maximum absolute atomic E-state index is 13.5. The van der Waals surface area contributed by atoms with Gasteiger partial charge in [0.05, 0.1) is 70.7 Å². The average Bonchev–Trinajstić information content (AvgIpc) is 0.881. The topological polar surface area (TPSA) is 197 Å². The van der Waals surface area contributed by atoms with E-state index in [0.717, 1.165) is 240 Å². The lowest BCUT2D eigenvalue weighted by Gasteiger charge is -2.34. The van der Waals surface area contributed by atoms with Gasteiger partial charge in [-0.2, -0.15) is 9.98 Å². The summed E-state index contributed by atoms with van der Waals surface area (Å²) in [6.45, 7) is 14.4. The van der Waals surface area contributed by atoms with E-state index in [1.807, 2.05) is 48.5 Å². The van der Waals surface area contributed by atoms with E-state index in [-0.39, 0.29) is 23.6 Å². The highest BCUT2D eigenvalue weighted by atomic mass is 32.1. The van der Waals surface area contributed by atoms with Gasteiger partial charge in [0, 0.05) is 89.9 Å². The minimum atomic E-state index is 0.217. The number of hydrogen-bond donors (Lipinski definition) is 2. The van der Waals surface area contributed by atoms with Crippen molar-refractivity contribution in [3.05, 3.63) is 178 Å². The smallest absolute Gasteiger partial charge is 0.236 e. The van der Waals surface area contributed by atoms with Gasteiger partial charge in [0.25, 0.3) is 0 Å². The summed E-state index contributed by atoms with van der Waals surface area (Å²) in [5, 5.41) is 4.84. The molecular weight excluding hydrogens is 1310 g/mol. The maximum atomic E-state index is 13.5. The zero-order valence-electron chi connectivity index (χ0n) is 59.9. The van der Waals surface area contributed by atoms with Crippen LogP contribution in [0.3, 0.4) is 0 Å². The van der Waals surface area contributed by atoms with Gasteiger partial charge in [0.1, 0.15) is 0 Å². The Morgan fingerprint density at radius 2 is 0.578 bits per heavy atom. The van der Waals surface area contributed by atoms with Gasteiger partial charge in [-0.15, -0.1) is 0 Å². The number of piperidine rings is 4. The second-order valence-electron chi connectivity index (χ2n) is 29.5. The predicted molar refractivity (Wildman–Crippen MR) is 413 cm³/mol. The predicted octanol–water partition coefficient (Wildman–Crippen LogP) is 12.3. The minimum absolute atomic E-state index is 0.217. The number of carbonyl (C=O) groups excluding carboxylic acids is 4. The third-order valence-electron chi connectivity index (χ3n) is 21.8. The molecule has 102 heavy (non-hydrogen) atoms. The van der Waals surface area contributed by atoms with Crippen molar-refractivity contribution >= 4 is 81.1 Å². The molecule has 0 saturated carbocycles. The molecular formula is C82H106N14O4S2. The Morgan fingerprint density at radius 3 is 0.814 bits per heavy atom. The van der Waals surface area contributed by atoms with Crippen LogP contribution in [0, 0.1) is 23.7 Å². The molecule has 2 aromatic heterocycles. The fraction of sp³-hybridized carbons (Fsp3) is 0.512. The summed E-state index contributed by atoms with van der Waals surface area (Å²) in [4.78, 5) is 89.5. The highest BCUT2D eigenvalue weighted by molar-refractivity contribution is 7.78. The first-order valence-corrected chi connectivity index (χ1v) is 38.5. The second-order valence-corrected chi connectivity index (χ2v) is 29.9. The van der Waals surface area contributed by atoms with Crippen molar-refractivity contribution in [2.75, 3.05) is 116 Å². The minimum Gasteiger partial charge on any atom is -0.399 e. The molecule has 4 aromatic carbocycles. The van der Waals surface area contributed by atoms with Crippen LogP contribution in [0.5, 0.6) is 0 Å². The summed E-state index contributed by atoms with van der Waals surface area (Å²) in [6, 6.07) is 45.2. The average molecular weight is 1420 g/mol. The third kappa shape index (κ3) is 24.1. The number of aromatic nitrogens is 2. The lowest BCUT2D eigenvalue weighted by molar-refractivity contribution is -0.134. The van der Waals surface area contributed by atoms with E-state index in [2.05, 4.69) is 144 Å². The molecule has 0 spiro atoms. The van der Waals surface area contributed by atoms with E-state index < -0.39 is 0 Å². The highest BCUT2D eigenvalue weighted by Crippen LogP contribution is 2.29. The summed E-state index contributed by atoms with van der Waals surface area (Å²) < 4.78 is 0. The molecule has 6 aliphatic rings. The van der Waals surface area contributed by atoms with Crippen molar-refractivity contribution < 1.29 is 19.2 Å². The fourth-order valence-corrected chi connectivity index (χ4v) is 16.0. The Bertz CT molecular complexity index is 3510. The first-order chi connectivity index (χ1) is 49.8. The van der Waals surface area contributed by atoms with Gasteiger partial charge in [0.2, 0.25) is 23.6 Å². The number of benzene rings is 4. The summed E-state index contributed by atoms with van der Waals surface area (Å²) >= 11 is 9.42. The van der Waals surface area contributed by atoms with Crippen LogP contribution >= 0.6 is 24.4 Å². The van der Waals surface area contributed by atoms with Crippen molar-refractivity contribution in [1.82, 2.24) is 49.2 Å². The molecule has 0 radical (unpaired) electrons. The number of isothiocyanates is 2. The summed E-state index contributed by atoms with van der Waals surface area (Å²) in [7, 11) is 0. The largest absolute Gasteiger partial charge is 0.399 e. The quantitative estimate of drug-likeness (QED) is 0.0468. The van der Waals surface area contributed by atoms with Gasteiger partial charge >= 0.3 is 0 Å². The van der Waals surface area contributed by atoms with E-state index in [4.69, 9.17) is 45.9 Å². The molecule has 18 nitrogen and oxygen atoms in total. The summed E-state index contributed by atoms with van der Waals surface area (Å²) in [5.41, 5.74) is 24.1. The van der Waals surface area contributed by atoms with Crippen molar-refractivity contribution in [3.63, 3.8) is 0 Å². The molecule has 4 fully saturated rings. The van der Waals surface area contributed by atoms with Gasteiger partial charge in [-0.25, -0.2) is 0 Å². The summed E-state index contributed by atoms with van der Waals surface area (Å²) in [5.74, 6) is 3.26. The number of likely N-dealkylation sites (tertiary alicyclic amines) is 4. The number of aliphatic imine (C=N–C) groups is 2. The normalized spacial score (nSPS) is 18.7. The Labute approximate surface area is 616 Å². The first kappa shape index (κ1) is 75.3. The Hall–Kier alpha value is -7.90.